The lowest BCUT2D eigenvalue weighted by Gasteiger charge is -2.11. The number of hydrogen-bond donors (Lipinski definition) is 3. The highest BCUT2D eigenvalue weighted by Gasteiger charge is 2.02. The van der Waals surface area contributed by atoms with Crippen LogP contribution in [0, 0.1) is 0 Å². The largest absolute Gasteiger partial charge is 0.395 e. The van der Waals surface area contributed by atoms with Crippen molar-refractivity contribution in [1.29, 1.82) is 0 Å². The summed E-state index contributed by atoms with van der Waals surface area (Å²) in [4.78, 5) is 0. The summed E-state index contributed by atoms with van der Waals surface area (Å²) in [6.45, 7) is 8.52. The number of nitrogens with one attached hydrogen (secondary N) is 1. The van der Waals surface area contributed by atoms with Gasteiger partial charge in [-0.1, -0.05) is 111 Å². The van der Waals surface area contributed by atoms with Crippen LogP contribution in [-0.4, -0.2) is 49.2 Å². The average Bonchev–Trinajstić information content (AvgIpc) is 2.72. The molecule has 1 atom stereocenters. The number of unbranched alkanes of at least 4 members (excludes halogenated alkanes) is 14. The van der Waals surface area contributed by atoms with E-state index in [-0.39, 0.29) is 6.61 Å². The molecule has 0 aliphatic carbocycles. The van der Waals surface area contributed by atoms with Crippen molar-refractivity contribution in [1.82, 2.24) is 5.32 Å². The number of rotatable bonds is 22. The molecule has 0 heterocycles. The molecule has 0 bridgehead atoms. The van der Waals surface area contributed by atoms with E-state index in [0.717, 1.165) is 13.0 Å². The molecule has 0 fully saturated rings. The van der Waals surface area contributed by atoms with Gasteiger partial charge in [0.25, 0.3) is 0 Å². The molecule has 0 saturated heterocycles. The van der Waals surface area contributed by atoms with Crippen LogP contribution < -0.4 is 5.32 Å². The second-order valence-electron chi connectivity index (χ2n) is 7.61. The minimum atomic E-state index is -0.474. The molecule has 172 valence electrons. The summed E-state index contributed by atoms with van der Waals surface area (Å²) in [7, 11) is 0. The van der Waals surface area contributed by atoms with Crippen molar-refractivity contribution in [3.8, 4) is 0 Å². The summed E-state index contributed by atoms with van der Waals surface area (Å²) in [5.41, 5.74) is 0. The number of hydrogen-bond acceptors (Lipinski definition) is 4. The van der Waals surface area contributed by atoms with Gasteiger partial charge in [-0.05, 0) is 6.42 Å². The zero-order valence-electron chi connectivity index (χ0n) is 19.5. The molecule has 0 aromatic rings. The SMILES string of the molecule is CC.CCCCCCCCCCCCCCCCCOCC(O)CNCCO. The van der Waals surface area contributed by atoms with Crippen LogP contribution in [-0.2, 0) is 4.74 Å². The maximum Gasteiger partial charge on any atom is 0.0897 e. The van der Waals surface area contributed by atoms with Crippen LogP contribution in [0.4, 0.5) is 0 Å². The monoisotopic (exact) mass is 403 g/mol. The van der Waals surface area contributed by atoms with Gasteiger partial charge in [-0.3, -0.25) is 0 Å². The third kappa shape index (κ3) is 28.1. The van der Waals surface area contributed by atoms with Crippen LogP contribution in [0.2, 0.25) is 0 Å². The lowest BCUT2D eigenvalue weighted by atomic mass is 10.0. The molecule has 0 aromatic carbocycles. The smallest absolute Gasteiger partial charge is 0.0897 e. The van der Waals surface area contributed by atoms with E-state index in [4.69, 9.17) is 9.84 Å². The van der Waals surface area contributed by atoms with Gasteiger partial charge >= 0.3 is 0 Å². The molecular formula is C24H53NO3. The van der Waals surface area contributed by atoms with E-state index < -0.39 is 6.10 Å². The van der Waals surface area contributed by atoms with Crippen LogP contribution in [0.3, 0.4) is 0 Å². The third-order valence-electron chi connectivity index (χ3n) is 4.87. The van der Waals surface area contributed by atoms with Crippen molar-refractivity contribution in [2.45, 2.75) is 123 Å². The minimum absolute atomic E-state index is 0.104. The summed E-state index contributed by atoms with van der Waals surface area (Å²) < 4.78 is 5.49. The Morgan fingerprint density at radius 1 is 0.714 bits per heavy atom. The Bertz CT molecular complexity index is 252. The zero-order chi connectivity index (χ0) is 21.1. The second-order valence-corrected chi connectivity index (χ2v) is 7.61. The van der Waals surface area contributed by atoms with Gasteiger partial charge in [0.1, 0.15) is 0 Å². The van der Waals surface area contributed by atoms with Crippen molar-refractivity contribution in [2.75, 3.05) is 32.9 Å². The second kappa shape index (κ2) is 29.0. The Balaban J connectivity index is 0. The first-order chi connectivity index (χ1) is 13.8. The molecule has 1 unspecified atom stereocenters. The van der Waals surface area contributed by atoms with Gasteiger partial charge in [0, 0.05) is 19.7 Å². The highest BCUT2D eigenvalue weighted by molar-refractivity contribution is 4.57. The standard InChI is InChI=1S/C22H47NO3.C2H6/c1-2-3-4-5-6-7-8-9-10-11-12-13-14-15-16-19-26-21-22(25)20-23-17-18-24;1-2/h22-25H,2-21H2,1H3;1-2H3. The van der Waals surface area contributed by atoms with Crippen molar-refractivity contribution in [3.05, 3.63) is 0 Å². The first-order valence-corrected chi connectivity index (χ1v) is 12.4. The van der Waals surface area contributed by atoms with E-state index in [1.807, 2.05) is 13.8 Å². The first-order valence-electron chi connectivity index (χ1n) is 12.4. The quantitative estimate of drug-likeness (QED) is 0.199. The molecule has 0 amide bonds. The summed E-state index contributed by atoms with van der Waals surface area (Å²) in [5.74, 6) is 0. The van der Waals surface area contributed by atoms with Crippen LogP contribution in [0.15, 0.2) is 0 Å². The lowest BCUT2D eigenvalue weighted by molar-refractivity contribution is 0.0350. The van der Waals surface area contributed by atoms with Gasteiger partial charge in [-0.25, -0.2) is 0 Å². The van der Waals surface area contributed by atoms with Crippen LogP contribution in [0.5, 0.6) is 0 Å². The van der Waals surface area contributed by atoms with Gasteiger partial charge in [-0.15, -0.1) is 0 Å². The fraction of sp³-hybridized carbons (Fsp3) is 1.00. The molecule has 4 nitrogen and oxygen atoms in total. The van der Waals surface area contributed by atoms with Crippen LogP contribution in [0.1, 0.15) is 117 Å². The molecule has 0 saturated carbocycles. The van der Waals surface area contributed by atoms with E-state index in [9.17, 15) is 5.11 Å². The van der Waals surface area contributed by atoms with Crippen molar-refractivity contribution in [3.63, 3.8) is 0 Å². The van der Waals surface area contributed by atoms with E-state index in [2.05, 4.69) is 12.2 Å². The van der Waals surface area contributed by atoms with Gasteiger partial charge in [0.15, 0.2) is 0 Å². The molecule has 28 heavy (non-hydrogen) atoms. The molecule has 0 aromatic heterocycles. The van der Waals surface area contributed by atoms with Gasteiger partial charge < -0.3 is 20.3 Å². The molecule has 0 aliphatic heterocycles. The number of aliphatic hydroxyl groups is 2. The number of ether oxygens (including phenoxy) is 1. The molecule has 3 N–H and O–H groups in total. The summed E-state index contributed by atoms with van der Waals surface area (Å²) in [6.07, 6.45) is 20.1. The summed E-state index contributed by atoms with van der Waals surface area (Å²) in [6, 6.07) is 0. The zero-order valence-corrected chi connectivity index (χ0v) is 19.5. The highest BCUT2D eigenvalue weighted by Crippen LogP contribution is 2.13. The minimum Gasteiger partial charge on any atom is -0.395 e. The number of aliphatic hydroxyl groups excluding tert-OH is 2. The molecule has 0 spiro atoms. The lowest BCUT2D eigenvalue weighted by Crippen LogP contribution is -2.32. The Morgan fingerprint density at radius 2 is 1.14 bits per heavy atom. The molecule has 0 rings (SSSR count). The van der Waals surface area contributed by atoms with Crippen molar-refractivity contribution >= 4 is 0 Å². The highest BCUT2D eigenvalue weighted by atomic mass is 16.5. The van der Waals surface area contributed by atoms with E-state index in [1.165, 1.54) is 89.9 Å². The summed E-state index contributed by atoms with van der Waals surface area (Å²) in [5, 5.41) is 21.2. The Kier molecular flexibility index (Phi) is 31.2. The van der Waals surface area contributed by atoms with Gasteiger partial charge in [0.2, 0.25) is 0 Å². The Morgan fingerprint density at radius 3 is 1.57 bits per heavy atom. The van der Waals surface area contributed by atoms with Gasteiger partial charge in [-0.2, -0.15) is 0 Å². The van der Waals surface area contributed by atoms with Crippen LogP contribution in [0.25, 0.3) is 0 Å². The first kappa shape index (κ1) is 30.0. The van der Waals surface area contributed by atoms with E-state index in [0.29, 0.717) is 19.7 Å². The van der Waals surface area contributed by atoms with E-state index in [1.54, 1.807) is 0 Å². The fourth-order valence-electron chi connectivity index (χ4n) is 3.20. The third-order valence-corrected chi connectivity index (χ3v) is 4.87. The maximum absolute atomic E-state index is 9.63. The molecular weight excluding hydrogens is 350 g/mol. The molecule has 4 heteroatoms. The van der Waals surface area contributed by atoms with Crippen molar-refractivity contribution < 1.29 is 14.9 Å². The molecule has 0 aliphatic rings. The summed E-state index contributed by atoms with van der Waals surface area (Å²) >= 11 is 0. The Labute approximate surface area is 176 Å². The van der Waals surface area contributed by atoms with Crippen LogP contribution >= 0.6 is 0 Å². The maximum atomic E-state index is 9.63. The van der Waals surface area contributed by atoms with E-state index >= 15 is 0 Å². The topological polar surface area (TPSA) is 61.7 Å². The normalized spacial score (nSPS) is 11.9. The molecule has 0 radical (unpaired) electrons. The fourth-order valence-corrected chi connectivity index (χ4v) is 3.20. The predicted octanol–water partition coefficient (Wildman–Crippen LogP) is 5.84. The predicted molar refractivity (Wildman–Crippen MR) is 123 cm³/mol. The van der Waals surface area contributed by atoms with Crippen molar-refractivity contribution in [2.24, 2.45) is 0 Å². The average molecular weight is 404 g/mol. The van der Waals surface area contributed by atoms with Gasteiger partial charge in [0.05, 0.1) is 19.3 Å². The Hall–Kier alpha value is -0.160.